The van der Waals surface area contributed by atoms with Crippen molar-refractivity contribution in [2.45, 2.75) is 89.3 Å². The van der Waals surface area contributed by atoms with E-state index in [1.165, 1.54) is 70.6 Å². The summed E-state index contributed by atoms with van der Waals surface area (Å²) in [5.74, 6) is 0.981. The van der Waals surface area contributed by atoms with Crippen LogP contribution in [0.1, 0.15) is 70.6 Å². The lowest BCUT2D eigenvalue weighted by Crippen LogP contribution is -2.38. The van der Waals surface area contributed by atoms with Crippen LogP contribution in [0.5, 0.6) is 0 Å². The van der Waals surface area contributed by atoms with Gasteiger partial charge in [-0.2, -0.15) is 0 Å². The van der Waals surface area contributed by atoms with Gasteiger partial charge in [0.1, 0.15) is 0 Å². The Labute approximate surface area is 115 Å². The first-order valence-corrected chi connectivity index (χ1v) is 11.3. The van der Waals surface area contributed by atoms with Gasteiger partial charge in [-0.15, -0.1) is 0 Å². The van der Waals surface area contributed by atoms with Gasteiger partial charge in [-0.1, -0.05) is 64.2 Å². The Balaban J connectivity index is 1.67. The van der Waals surface area contributed by atoms with Gasteiger partial charge in [-0.3, -0.25) is 0 Å². The molecule has 0 aromatic heterocycles. The zero-order chi connectivity index (χ0) is 12.8. The first kappa shape index (κ1) is 14.6. The first-order valence-electron chi connectivity index (χ1n) is 8.32. The third-order valence-corrected chi connectivity index (χ3v) is 8.81. The maximum absolute atomic E-state index is 6.41. The van der Waals surface area contributed by atoms with Gasteiger partial charge in [0.05, 0.1) is 0 Å². The highest BCUT2D eigenvalue weighted by atomic mass is 28.4. The summed E-state index contributed by atoms with van der Waals surface area (Å²) in [5.41, 5.74) is 0.942. The quantitative estimate of drug-likeness (QED) is 0.597. The topological polar surface area (TPSA) is 9.23 Å². The monoisotopic (exact) mass is 268 g/mol. The molecule has 0 aliphatic heterocycles. The van der Waals surface area contributed by atoms with Crippen LogP contribution in [0, 0.1) is 5.92 Å². The summed E-state index contributed by atoms with van der Waals surface area (Å²) in [6, 6.07) is 0. The Morgan fingerprint density at radius 1 is 0.833 bits per heavy atom. The molecule has 2 aliphatic carbocycles. The Kier molecular flexibility index (Phi) is 5.75. The molecule has 0 atom stereocenters. The summed E-state index contributed by atoms with van der Waals surface area (Å²) < 4.78 is 6.41. The van der Waals surface area contributed by atoms with Crippen molar-refractivity contribution in [1.82, 2.24) is 0 Å². The van der Waals surface area contributed by atoms with Crippen molar-refractivity contribution >= 4 is 8.32 Å². The molecule has 1 nitrogen and oxygen atoms in total. The van der Waals surface area contributed by atoms with Gasteiger partial charge >= 0.3 is 0 Å². The van der Waals surface area contributed by atoms with Gasteiger partial charge in [0.15, 0.2) is 8.32 Å². The van der Waals surface area contributed by atoms with Gasteiger partial charge in [0.2, 0.25) is 0 Å². The molecule has 0 unspecified atom stereocenters. The third-order valence-electron chi connectivity index (χ3n) is 5.31. The smallest absolute Gasteiger partial charge is 0.189 e. The van der Waals surface area contributed by atoms with Crippen LogP contribution in [0.4, 0.5) is 0 Å². The zero-order valence-corrected chi connectivity index (χ0v) is 13.5. The normalized spacial score (nSPS) is 24.3. The van der Waals surface area contributed by atoms with E-state index in [0.29, 0.717) is 0 Å². The minimum Gasteiger partial charge on any atom is -0.417 e. The second-order valence-corrected chi connectivity index (χ2v) is 11.4. The lowest BCUT2D eigenvalue weighted by molar-refractivity contribution is 0.231. The van der Waals surface area contributed by atoms with E-state index in [-0.39, 0.29) is 0 Å². The molecule has 0 radical (unpaired) electrons. The van der Waals surface area contributed by atoms with Crippen LogP contribution in [0.15, 0.2) is 0 Å². The van der Waals surface area contributed by atoms with Crippen LogP contribution >= 0.6 is 0 Å². The number of hydrogen-bond donors (Lipinski definition) is 0. The van der Waals surface area contributed by atoms with Crippen LogP contribution in [-0.4, -0.2) is 14.9 Å². The maximum Gasteiger partial charge on any atom is 0.189 e. The molecule has 0 N–H and O–H groups in total. The third kappa shape index (κ3) is 4.38. The van der Waals surface area contributed by atoms with E-state index in [0.717, 1.165) is 18.1 Å². The number of rotatable bonds is 5. The van der Waals surface area contributed by atoms with Crippen LogP contribution in [-0.2, 0) is 4.43 Å². The fraction of sp³-hybridized carbons (Fsp3) is 1.00. The summed E-state index contributed by atoms with van der Waals surface area (Å²) >= 11 is 0. The average Bonchev–Trinajstić information content (AvgIpc) is 2.41. The molecule has 2 rings (SSSR count). The molecule has 0 aromatic carbocycles. The molecular weight excluding hydrogens is 236 g/mol. The molecule has 106 valence electrons. The summed E-state index contributed by atoms with van der Waals surface area (Å²) in [4.78, 5) is 0. The highest BCUT2D eigenvalue weighted by Gasteiger charge is 2.34. The van der Waals surface area contributed by atoms with E-state index >= 15 is 0 Å². The molecule has 2 saturated carbocycles. The first-order chi connectivity index (χ1) is 8.68. The van der Waals surface area contributed by atoms with Crippen molar-refractivity contribution in [3.8, 4) is 0 Å². The Bertz CT molecular complexity index is 227. The van der Waals surface area contributed by atoms with Crippen LogP contribution < -0.4 is 0 Å². The molecule has 0 aromatic rings. The van der Waals surface area contributed by atoms with Crippen molar-refractivity contribution in [1.29, 1.82) is 0 Å². The van der Waals surface area contributed by atoms with E-state index < -0.39 is 8.32 Å². The predicted molar refractivity (Wildman–Crippen MR) is 81.5 cm³/mol. The molecule has 2 fully saturated rings. The van der Waals surface area contributed by atoms with E-state index in [2.05, 4.69) is 13.1 Å². The predicted octanol–water partition coefficient (Wildman–Crippen LogP) is 5.51. The van der Waals surface area contributed by atoms with Gasteiger partial charge in [-0.25, -0.2) is 0 Å². The molecule has 0 heterocycles. The minimum atomic E-state index is -1.39. The lowest BCUT2D eigenvalue weighted by atomic mass is 9.87. The molecule has 18 heavy (non-hydrogen) atoms. The largest absolute Gasteiger partial charge is 0.417 e. The summed E-state index contributed by atoms with van der Waals surface area (Å²) in [6.45, 7) is 5.98. The molecule has 0 saturated heterocycles. The summed E-state index contributed by atoms with van der Waals surface area (Å²) in [6.07, 6.45) is 15.9. The standard InChI is InChI=1S/C16H32OSi/c1-18(2,16-11-7-4-8-12-16)17-14-13-15-9-5-3-6-10-15/h15-16H,3-14H2,1-2H3. The Morgan fingerprint density at radius 3 is 2.00 bits per heavy atom. The Morgan fingerprint density at radius 2 is 1.39 bits per heavy atom. The van der Waals surface area contributed by atoms with Crippen molar-refractivity contribution in [2.75, 3.05) is 6.61 Å². The average molecular weight is 269 g/mol. The highest BCUT2D eigenvalue weighted by molar-refractivity contribution is 6.72. The molecule has 2 heteroatoms. The Hall–Kier alpha value is 0.177. The second-order valence-electron chi connectivity index (χ2n) is 7.08. The van der Waals surface area contributed by atoms with Gasteiger partial charge in [0, 0.05) is 6.61 Å². The fourth-order valence-electron chi connectivity index (χ4n) is 3.88. The minimum absolute atomic E-state index is 0.942. The van der Waals surface area contributed by atoms with Crippen LogP contribution in [0.2, 0.25) is 18.6 Å². The van der Waals surface area contributed by atoms with E-state index in [9.17, 15) is 0 Å². The SMILES string of the molecule is C[Si](C)(OCCC1CCCCC1)C1CCCCC1. The van der Waals surface area contributed by atoms with Crippen molar-refractivity contribution < 1.29 is 4.43 Å². The molecule has 0 amide bonds. The summed E-state index contributed by atoms with van der Waals surface area (Å²) in [5, 5.41) is 0. The fourth-order valence-corrected chi connectivity index (χ4v) is 6.56. The van der Waals surface area contributed by atoms with Crippen LogP contribution in [0.3, 0.4) is 0 Å². The summed E-state index contributed by atoms with van der Waals surface area (Å²) in [7, 11) is -1.39. The lowest BCUT2D eigenvalue weighted by Gasteiger charge is -2.35. The molecule has 2 aliphatic rings. The maximum atomic E-state index is 6.41. The van der Waals surface area contributed by atoms with Crippen LogP contribution in [0.25, 0.3) is 0 Å². The van der Waals surface area contributed by atoms with Crippen molar-refractivity contribution in [2.24, 2.45) is 5.92 Å². The highest BCUT2D eigenvalue weighted by Crippen LogP contribution is 2.37. The number of hydrogen-bond acceptors (Lipinski definition) is 1. The van der Waals surface area contributed by atoms with E-state index in [1.807, 2.05) is 0 Å². The van der Waals surface area contributed by atoms with Gasteiger partial charge in [-0.05, 0) is 31.0 Å². The van der Waals surface area contributed by atoms with E-state index in [4.69, 9.17) is 4.43 Å². The zero-order valence-electron chi connectivity index (χ0n) is 12.5. The molecule has 0 spiro atoms. The van der Waals surface area contributed by atoms with Crippen molar-refractivity contribution in [3.63, 3.8) is 0 Å². The molecule has 0 bridgehead atoms. The van der Waals surface area contributed by atoms with Gasteiger partial charge < -0.3 is 4.43 Å². The second kappa shape index (κ2) is 7.09. The van der Waals surface area contributed by atoms with Crippen molar-refractivity contribution in [3.05, 3.63) is 0 Å². The van der Waals surface area contributed by atoms with E-state index in [1.54, 1.807) is 0 Å². The van der Waals surface area contributed by atoms with Gasteiger partial charge in [0.25, 0.3) is 0 Å². The molecular formula is C16H32OSi.